The Hall–Kier alpha value is -3.13. The van der Waals surface area contributed by atoms with E-state index in [1.165, 1.54) is 23.9 Å². The predicted molar refractivity (Wildman–Crippen MR) is 122 cm³/mol. The highest BCUT2D eigenvalue weighted by Crippen LogP contribution is 2.40. The molecular weight excluding hydrogens is 414 g/mol. The number of aromatic hydroxyl groups is 1. The summed E-state index contributed by atoms with van der Waals surface area (Å²) in [5, 5.41) is 21.5. The molecule has 0 aromatic heterocycles. The Morgan fingerprint density at radius 1 is 1.19 bits per heavy atom. The molecule has 2 aliphatic rings. The van der Waals surface area contributed by atoms with Crippen LogP contribution in [0.4, 0.5) is 11.4 Å². The second-order valence-corrected chi connectivity index (χ2v) is 8.86. The molecule has 160 valence electrons. The van der Waals surface area contributed by atoms with Crippen LogP contribution < -0.4 is 0 Å². The second-order valence-electron chi connectivity index (χ2n) is 7.85. The van der Waals surface area contributed by atoms with Gasteiger partial charge in [0.05, 0.1) is 15.5 Å². The summed E-state index contributed by atoms with van der Waals surface area (Å²) in [6.45, 7) is 2.17. The first-order chi connectivity index (χ1) is 14.9. The minimum absolute atomic E-state index is 0.0799. The topological polar surface area (TPSA) is 96.0 Å². The van der Waals surface area contributed by atoms with Crippen LogP contribution in [-0.4, -0.2) is 32.0 Å². The summed E-state index contributed by atoms with van der Waals surface area (Å²) in [6.07, 6.45) is 5.87. The number of hydrogen-bond acceptors (Lipinski definition) is 6. The molecule has 2 aromatic carbocycles. The SMILES string of the molecule is C[C@H]1CCCC[C@@H]1N1C(=O)/C(=C/c2ccc(O)c([N+](=O)[O-])c2)SC1=Nc1ccccc1. The fourth-order valence-corrected chi connectivity index (χ4v) is 5.12. The lowest BCUT2D eigenvalue weighted by Gasteiger charge is -2.35. The van der Waals surface area contributed by atoms with Crippen LogP contribution in [0, 0.1) is 16.0 Å². The molecule has 1 aliphatic heterocycles. The molecule has 0 unspecified atom stereocenters. The molecule has 1 aliphatic carbocycles. The highest BCUT2D eigenvalue weighted by atomic mass is 32.2. The van der Waals surface area contributed by atoms with Crippen LogP contribution in [0.5, 0.6) is 5.75 Å². The largest absolute Gasteiger partial charge is 0.502 e. The van der Waals surface area contributed by atoms with Gasteiger partial charge in [-0.2, -0.15) is 0 Å². The molecule has 0 radical (unpaired) electrons. The van der Waals surface area contributed by atoms with Crippen LogP contribution in [-0.2, 0) is 4.79 Å². The molecular formula is C23H23N3O4S. The fourth-order valence-electron chi connectivity index (χ4n) is 4.08. The third kappa shape index (κ3) is 4.49. The third-order valence-electron chi connectivity index (χ3n) is 5.71. The molecule has 2 fully saturated rings. The van der Waals surface area contributed by atoms with Gasteiger partial charge in [-0.3, -0.25) is 19.8 Å². The van der Waals surface area contributed by atoms with Gasteiger partial charge in [0.2, 0.25) is 0 Å². The van der Waals surface area contributed by atoms with E-state index in [2.05, 4.69) is 6.92 Å². The predicted octanol–water partition coefficient (Wildman–Crippen LogP) is 5.48. The first kappa shape index (κ1) is 21.1. The van der Waals surface area contributed by atoms with Crippen molar-refractivity contribution in [3.8, 4) is 5.75 Å². The summed E-state index contributed by atoms with van der Waals surface area (Å²) in [5.41, 5.74) is 0.867. The van der Waals surface area contributed by atoms with Crippen molar-refractivity contribution >= 4 is 40.3 Å². The number of benzene rings is 2. The van der Waals surface area contributed by atoms with E-state index >= 15 is 0 Å². The summed E-state index contributed by atoms with van der Waals surface area (Å²) in [4.78, 5) is 30.9. The summed E-state index contributed by atoms with van der Waals surface area (Å²) < 4.78 is 0. The molecule has 4 rings (SSSR count). The highest BCUT2D eigenvalue weighted by molar-refractivity contribution is 8.18. The number of rotatable bonds is 4. The van der Waals surface area contributed by atoms with Gasteiger partial charge in [-0.15, -0.1) is 0 Å². The smallest absolute Gasteiger partial charge is 0.311 e. The van der Waals surface area contributed by atoms with Crippen molar-refractivity contribution in [2.75, 3.05) is 0 Å². The van der Waals surface area contributed by atoms with Crippen molar-refractivity contribution in [2.45, 2.75) is 38.6 Å². The van der Waals surface area contributed by atoms with Gasteiger partial charge >= 0.3 is 5.69 Å². The van der Waals surface area contributed by atoms with Crippen molar-refractivity contribution in [1.29, 1.82) is 0 Å². The van der Waals surface area contributed by atoms with Gasteiger partial charge < -0.3 is 5.11 Å². The van der Waals surface area contributed by atoms with Crippen LogP contribution >= 0.6 is 11.8 Å². The zero-order valence-corrected chi connectivity index (χ0v) is 17.9. The van der Waals surface area contributed by atoms with Crippen LogP contribution in [0.2, 0.25) is 0 Å². The van der Waals surface area contributed by atoms with E-state index in [1.807, 2.05) is 35.2 Å². The first-order valence-corrected chi connectivity index (χ1v) is 11.1. The van der Waals surface area contributed by atoms with E-state index < -0.39 is 10.7 Å². The van der Waals surface area contributed by atoms with E-state index in [0.717, 1.165) is 31.4 Å². The highest BCUT2D eigenvalue weighted by Gasteiger charge is 2.41. The number of aliphatic imine (C=N–C) groups is 1. The van der Waals surface area contributed by atoms with Gasteiger partial charge in [0.15, 0.2) is 10.9 Å². The first-order valence-electron chi connectivity index (χ1n) is 10.3. The van der Waals surface area contributed by atoms with Crippen LogP contribution in [0.15, 0.2) is 58.4 Å². The molecule has 31 heavy (non-hydrogen) atoms. The number of phenolic OH excluding ortho intramolecular Hbond substituents is 1. The fraction of sp³-hybridized carbons (Fsp3) is 0.304. The van der Waals surface area contributed by atoms with E-state index in [9.17, 15) is 20.0 Å². The minimum Gasteiger partial charge on any atom is -0.502 e. The number of nitro benzene ring substituents is 1. The molecule has 8 heteroatoms. The number of amidine groups is 1. The van der Waals surface area contributed by atoms with Gasteiger partial charge in [-0.25, -0.2) is 4.99 Å². The van der Waals surface area contributed by atoms with Crippen LogP contribution in [0.25, 0.3) is 6.08 Å². The van der Waals surface area contributed by atoms with Crippen molar-refractivity contribution in [3.63, 3.8) is 0 Å². The Kier molecular flexibility index (Phi) is 6.08. The summed E-state index contributed by atoms with van der Waals surface area (Å²) >= 11 is 1.29. The van der Waals surface area contributed by atoms with E-state index in [4.69, 9.17) is 4.99 Å². The number of amides is 1. The zero-order chi connectivity index (χ0) is 22.0. The molecule has 7 nitrogen and oxygen atoms in total. The summed E-state index contributed by atoms with van der Waals surface area (Å²) in [6, 6.07) is 13.7. The number of thioether (sulfide) groups is 1. The number of nitrogens with zero attached hydrogens (tertiary/aromatic N) is 3. The average molecular weight is 438 g/mol. The molecule has 1 N–H and O–H groups in total. The number of para-hydroxylation sites is 1. The van der Waals surface area contributed by atoms with E-state index in [1.54, 1.807) is 12.1 Å². The summed E-state index contributed by atoms with van der Waals surface area (Å²) in [5.74, 6) is -0.163. The molecule has 1 amide bonds. The summed E-state index contributed by atoms with van der Waals surface area (Å²) in [7, 11) is 0. The van der Waals surface area contributed by atoms with Gasteiger partial charge in [0.25, 0.3) is 5.91 Å². The van der Waals surface area contributed by atoms with Gasteiger partial charge in [-0.05, 0) is 60.4 Å². The number of carbonyl (C=O) groups excluding carboxylic acids is 1. The minimum atomic E-state index is -0.640. The van der Waals surface area contributed by atoms with E-state index in [0.29, 0.717) is 21.6 Å². The molecule has 1 saturated heterocycles. The maximum atomic E-state index is 13.4. The van der Waals surface area contributed by atoms with Crippen molar-refractivity contribution in [2.24, 2.45) is 10.9 Å². The molecule has 0 spiro atoms. The molecule has 2 atom stereocenters. The lowest BCUT2D eigenvalue weighted by molar-refractivity contribution is -0.385. The van der Waals surface area contributed by atoms with Crippen LogP contribution in [0.1, 0.15) is 38.2 Å². The maximum Gasteiger partial charge on any atom is 0.311 e. The Morgan fingerprint density at radius 2 is 1.94 bits per heavy atom. The second kappa shape index (κ2) is 8.93. The van der Waals surface area contributed by atoms with Gasteiger partial charge in [0.1, 0.15) is 0 Å². The quantitative estimate of drug-likeness (QED) is 0.388. The number of nitro groups is 1. The molecule has 2 aromatic rings. The molecule has 0 bridgehead atoms. The van der Waals surface area contributed by atoms with Crippen molar-refractivity contribution in [3.05, 3.63) is 69.1 Å². The van der Waals surface area contributed by atoms with Gasteiger partial charge in [0, 0.05) is 12.1 Å². The third-order valence-corrected chi connectivity index (χ3v) is 6.69. The Labute approximate surface area is 184 Å². The maximum absolute atomic E-state index is 13.4. The van der Waals surface area contributed by atoms with Crippen molar-refractivity contribution in [1.82, 2.24) is 4.90 Å². The van der Waals surface area contributed by atoms with Crippen molar-refractivity contribution < 1.29 is 14.8 Å². The average Bonchev–Trinajstić information content (AvgIpc) is 3.05. The Balaban J connectivity index is 1.73. The number of hydrogen-bond donors (Lipinski definition) is 1. The Bertz CT molecular complexity index is 1070. The number of carbonyl (C=O) groups is 1. The standard InChI is InChI=1S/C23H23N3O4S/c1-15-7-5-6-10-18(15)25-22(28)21(31-23(25)24-17-8-3-2-4-9-17)14-16-11-12-20(27)19(13-16)26(29)30/h2-4,8-9,11-15,18,27H,5-7,10H2,1H3/b21-14-,24-23?/t15-,18-/m0/s1. The van der Waals surface area contributed by atoms with Gasteiger partial charge in [-0.1, -0.05) is 44.0 Å². The lowest BCUT2D eigenvalue weighted by Crippen LogP contribution is -2.44. The molecule has 1 heterocycles. The van der Waals surface area contributed by atoms with Crippen LogP contribution in [0.3, 0.4) is 0 Å². The zero-order valence-electron chi connectivity index (χ0n) is 17.1. The van der Waals surface area contributed by atoms with E-state index in [-0.39, 0.29) is 17.6 Å². The monoisotopic (exact) mass is 437 g/mol. The lowest BCUT2D eigenvalue weighted by atomic mass is 9.85. The molecule has 1 saturated carbocycles. The Morgan fingerprint density at radius 3 is 2.65 bits per heavy atom. The number of phenols is 1. The normalized spacial score (nSPS) is 24.2.